The summed E-state index contributed by atoms with van der Waals surface area (Å²) in [5.74, 6) is 1.64. The van der Waals surface area contributed by atoms with E-state index in [1.807, 2.05) is 24.3 Å². The van der Waals surface area contributed by atoms with Crippen LogP contribution < -0.4 is 9.47 Å². The molecule has 0 N–H and O–H groups in total. The van der Waals surface area contributed by atoms with Gasteiger partial charge in [-0.1, -0.05) is 6.07 Å². The minimum atomic E-state index is -0.188. The number of hydrogen-bond donors (Lipinski definition) is 0. The molecule has 1 aromatic rings. The van der Waals surface area contributed by atoms with Crippen molar-refractivity contribution < 1.29 is 42.6 Å². The van der Waals surface area contributed by atoms with Gasteiger partial charge < -0.3 is 42.6 Å². The molecule has 0 aliphatic rings. The number of benzene rings is 1. The van der Waals surface area contributed by atoms with Gasteiger partial charge >= 0.3 is 0 Å². The van der Waals surface area contributed by atoms with Crippen LogP contribution in [0, 0.1) is 5.41 Å². The molecule has 0 radical (unpaired) electrons. The molecule has 0 atom stereocenters. The first-order valence-corrected chi connectivity index (χ1v) is 10.1. The lowest BCUT2D eigenvalue weighted by atomic mass is 9.92. The largest absolute Gasteiger partial charge is 0.497 e. The summed E-state index contributed by atoms with van der Waals surface area (Å²) < 4.78 is 45.1. The van der Waals surface area contributed by atoms with Crippen molar-refractivity contribution >= 4 is 0 Å². The Morgan fingerprint density at radius 2 is 0.969 bits per heavy atom. The summed E-state index contributed by atoms with van der Waals surface area (Å²) in [5.41, 5.74) is -0.188. The predicted octanol–water partition coefficient (Wildman–Crippen LogP) is 2.56. The van der Waals surface area contributed by atoms with E-state index in [4.69, 9.17) is 42.6 Å². The molecule has 0 aromatic heterocycles. The molecule has 0 spiro atoms. The fourth-order valence-corrected chi connectivity index (χ4v) is 2.76. The number of methoxy groups -OCH3 is 9. The molecule has 0 bridgehead atoms. The van der Waals surface area contributed by atoms with E-state index in [0.717, 1.165) is 11.5 Å². The summed E-state index contributed by atoms with van der Waals surface area (Å²) in [7, 11) is 14.8. The number of rotatable bonds is 15. The van der Waals surface area contributed by atoms with Crippen molar-refractivity contribution in [1.29, 1.82) is 0 Å². The second-order valence-electron chi connectivity index (χ2n) is 6.88. The molecule has 0 heterocycles. The maximum Gasteiger partial charge on any atom is 0.122 e. The van der Waals surface area contributed by atoms with Gasteiger partial charge in [0.05, 0.1) is 59.3 Å². The van der Waals surface area contributed by atoms with Crippen LogP contribution in [0.5, 0.6) is 11.5 Å². The summed E-state index contributed by atoms with van der Waals surface area (Å²) in [6.07, 6.45) is 0.0694. The molecule has 9 nitrogen and oxygen atoms in total. The zero-order chi connectivity index (χ0) is 24.7. The lowest BCUT2D eigenvalue weighted by Crippen LogP contribution is -2.40. The van der Waals surface area contributed by atoms with Crippen LogP contribution in [0.2, 0.25) is 0 Å². The van der Waals surface area contributed by atoms with Crippen LogP contribution in [0.25, 0.3) is 0 Å². The van der Waals surface area contributed by atoms with Gasteiger partial charge in [-0.15, -0.1) is 0 Å². The Kier molecular flexibility index (Phi) is 23.2. The molecule has 0 fully saturated rings. The first kappa shape index (κ1) is 32.7. The van der Waals surface area contributed by atoms with Crippen LogP contribution in [0.4, 0.5) is 0 Å². The predicted molar refractivity (Wildman–Crippen MR) is 124 cm³/mol. The molecule has 9 heteroatoms. The average Bonchev–Trinajstić information content (AvgIpc) is 2.80. The highest BCUT2D eigenvalue weighted by Crippen LogP contribution is 2.19. The van der Waals surface area contributed by atoms with Gasteiger partial charge in [-0.05, 0) is 12.1 Å². The van der Waals surface area contributed by atoms with Crippen molar-refractivity contribution in [3.8, 4) is 11.5 Å². The smallest absolute Gasteiger partial charge is 0.122 e. The van der Waals surface area contributed by atoms with Crippen LogP contribution in [0.1, 0.15) is 0 Å². The van der Waals surface area contributed by atoms with Gasteiger partial charge in [-0.3, -0.25) is 0 Å². The highest BCUT2D eigenvalue weighted by atomic mass is 16.5. The first-order valence-electron chi connectivity index (χ1n) is 10.1. The first-order chi connectivity index (χ1) is 15.5. The monoisotopic (exact) mass is 464 g/mol. The van der Waals surface area contributed by atoms with Crippen LogP contribution in [0.3, 0.4) is 0 Å². The van der Waals surface area contributed by atoms with Gasteiger partial charge in [0, 0.05) is 55.8 Å². The quantitative estimate of drug-likeness (QED) is 0.389. The molecular formula is C23H44O9. The zero-order valence-corrected chi connectivity index (χ0v) is 21.3. The van der Waals surface area contributed by atoms with Gasteiger partial charge in [0.1, 0.15) is 17.6 Å². The molecule has 0 amide bonds. The SMILES string of the molecule is COCC(COC)(COC)COC.COCC(COC)OC.COc1cccc(OC)c1. The zero-order valence-electron chi connectivity index (χ0n) is 21.3. The van der Waals surface area contributed by atoms with Crippen molar-refractivity contribution in [2.24, 2.45) is 5.41 Å². The summed E-state index contributed by atoms with van der Waals surface area (Å²) in [6, 6.07) is 7.47. The topological polar surface area (TPSA) is 83.1 Å². The Labute approximate surface area is 194 Å². The third-order valence-electron chi connectivity index (χ3n) is 4.12. The summed E-state index contributed by atoms with van der Waals surface area (Å²) in [5, 5.41) is 0. The molecule has 32 heavy (non-hydrogen) atoms. The van der Waals surface area contributed by atoms with Gasteiger partial charge in [-0.2, -0.15) is 0 Å². The Morgan fingerprint density at radius 3 is 1.22 bits per heavy atom. The van der Waals surface area contributed by atoms with Crippen molar-refractivity contribution in [1.82, 2.24) is 0 Å². The minimum Gasteiger partial charge on any atom is -0.497 e. The van der Waals surface area contributed by atoms with Crippen LogP contribution in [-0.4, -0.2) is 110 Å². The molecule has 0 saturated carbocycles. The van der Waals surface area contributed by atoms with E-state index in [-0.39, 0.29) is 11.5 Å². The molecule has 1 rings (SSSR count). The van der Waals surface area contributed by atoms with E-state index in [1.54, 1.807) is 64.0 Å². The second-order valence-corrected chi connectivity index (χ2v) is 6.88. The molecule has 0 aliphatic heterocycles. The van der Waals surface area contributed by atoms with Gasteiger partial charge in [0.15, 0.2) is 0 Å². The van der Waals surface area contributed by atoms with Crippen molar-refractivity contribution in [3.63, 3.8) is 0 Å². The molecular weight excluding hydrogens is 420 g/mol. The van der Waals surface area contributed by atoms with Crippen molar-refractivity contribution in [2.45, 2.75) is 6.10 Å². The normalized spacial score (nSPS) is 10.7. The highest BCUT2D eigenvalue weighted by Gasteiger charge is 2.30. The minimum absolute atomic E-state index is 0.0694. The standard InChI is InChI=1S/C9H20O4.C8H10O2.C6H14O3/c1-10-5-9(6-11-2,7-12-3)8-13-4;1-9-7-4-3-5-8(6-7)10-2;1-7-4-6(9-3)5-8-2/h5-8H2,1-4H3;3-6H,1-2H3;6H,4-5H2,1-3H3. The number of ether oxygens (including phenoxy) is 9. The van der Waals surface area contributed by atoms with E-state index >= 15 is 0 Å². The van der Waals surface area contributed by atoms with E-state index in [9.17, 15) is 0 Å². The Bertz CT molecular complexity index is 459. The molecule has 190 valence electrons. The average molecular weight is 465 g/mol. The van der Waals surface area contributed by atoms with Crippen molar-refractivity contribution in [2.75, 3.05) is 104 Å². The third-order valence-corrected chi connectivity index (χ3v) is 4.12. The highest BCUT2D eigenvalue weighted by molar-refractivity contribution is 5.32. The summed E-state index contributed by atoms with van der Waals surface area (Å²) in [4.78, 5) is 0. The van der Waals surface area contributed by atoms with Gasteiger partial charge in [-0.25, -0.2) is 0 Å². The summed E-state index contributed by atoms with van der Waals surface area (Å²) in [6.45, 7) is 3.46. The maximum atomic E-state index is 5.12. The second kappa shape index (κ2) is 22.7. The molecule has 0 saturated heterocycles. The Hall–Kier alpha value is -1.46. The van der Waals surface area contributed by atoms with Crippen LogP contribution >= 0.6 is 0 Å². The van der Waals surface area contributed by atoms with E-state index in [1.165, 1.54) is 0 Å². The van der Waals surface area contributed by atoms with Gasteiger partial charge in [0.2, 0.25) is 0 Å². The molecule has 0 aliphatic carbocycles. The lowest BCUT2D eigenvalue weighted by Gasteiger charge is -2.30. The maximum absolute atomic E-state index is 5.12. The molecule has 1 aromatic carbocycles. The fraction of sp³-hybridized carbons (Fsp3) is 0.739. The Balaban J connectivity index is 0. The van der Waals surface area contributed by atoms with Crippen molar-refractivity contribution in [3.05, 3.63) is 24.3 Å². The number of hydrogen-bond acceptors (Lipinski definition) is 9. The van der Waals surface area contributed by atoms with Gasteiger partial charge in [0.25, 0.3) is 0 Å². The van der Waals surface area contributed by atoms with Crippen LogP contribution in [-0.2, 0) is 33.2 Å². The van der Waals surface area contributed by atoms with E-state index < -0.39 is 0 Å². The third kappa shape index (κ3) is 16.2. The van der Waals surface area contributed by atoms with E-state index in [0.29, 0.717) is 39.6 Å². The summed E-state index contributed by atoms with van der Waals surface area (Å²) >= 11 is 0. The van der Waals surface area contributed by atoms with Crippen LogP contribution in [0.15, 0.2) is 24.3 Å². The lowest BCUT2D eigenvalue weighted by molar-refractivity contribution is -0.0760. The fourth-order valence-electron chi connectivity index (χ4n) is 2.76. The van der Waals surface area contributed by atoms with E-state index in [2.05, 4.69) is 0 Å². The molecule has 0 unspecified atom stereocenters. The Morgan fingerprint density at radius 1 is 0.594 bits per heavy atom.